The summed E-state index contributed by atoms with van der Waals surface area (Å²) in [5.41, 5.74) is 2.31. The Bertz CT molecular complexity index is 3140. The number of benzene rings is 1. The maximum atomic E-state index is 14.0. The lowest BCUT2D eigenvalue weighted by Gasteiger charge is -2.45. The van der Waals surface area contributed by atoms with Gasteiger partial charge in [0.2, 0.25) is 0 Å². The van der Waals surface area contributed by atoms with Crippen LogP contribution in [0.15, 0.2) is 36.5 Å². The van der Waals surface area contributed by atoms with Gasteiger partial charge in [0.15, 0.2) is 0 Å². The normalized spacial score (nSPS) is 17.3. The maximum Gasteiger partial charge on any atom is 0.134 e. The molecule has 0 bridgehead atoms. The van der Waals surface area contributed by atoms with Crippen LogP contribution in [-0.4, -0.2) is 16.6 Å². The van der Waals surface area contributed by atoms with E-state index >= 15 is 0 Å². The van der Waals surface area contributed by atoms with E-state index in [0.717, 1.165) is 22.4 Å². The highest BCUT2D eigenvalue weighted by atomic mass is 33.5. The first-order chi connectivity index (χ1) is 27.0. The van der Waals surface area contributed by atoms with Crippen LogP contribution in [0.25, 0.3) is 11.3 Å². The Hall–Kier alpha value is 4.68. The first-order valence-electron chi connectivity index (χ1n) is 13.0. The topological polar surface area (TPSA) is 47.0 Å². The number of nitrogens with zero attached hydrogens (tertiary/aromatic N) is 1. The molecule has 1 heterocycles. The van der Waals surface area contributed by atoms with E-state index < -0.39 is 10.8 Å². The van der Waals surface area contributed by atoms with Gasteiger partial charge in [-0.05, 0) is 35.4 Å². The summed E-state index contributed by atoms with van der Waals surface area (Å²) < 4.78 is 14.0. The van der Waals surface area contributed by atoms with Crippen molar-refractivity contribution in [1.29, 1.82) is 0 Å². The van der Waals surface area contributed by atoms with E-state index in [1.54, 1.807) is 119 Å². The molecule has 2 aromatic rings. The second-order valence-electron chi connectivity index (χ2n) is 9.08. The summed E-state index contributed by atoms with van der Waals surface area (Å²) in [4.78, 5) is 29.3. The molecule has 0 amide bonds. The van der Waals surface area contributed by atoms with Crippen molar-refractivity contribution >= 4 is 300 Å². The van der Waals surface area contributed by atoms with Gasteiger partial charge >= 0.3 is 0 Å². The van der Waals surface area contributed by atoms with Crippen molar-refractivity contribution in [2.75, 3.05) is 0 Å². The van der Waals surface area contributed by atoms with Crippen LogP contribution in [-0.2, 0) is 309 Å². The maximum absolute atomic E-state index is 14.0. The number of carbonyl (C=O) groups is 2. The van der Waals surface area contributed by atoms with Gasteiger partial charge in [0, 0.05) is 337 Å². The largest absolute Gasteiger partial charge is 0.300 e. The summed E-state index contributed by atoms with van der Waals surface area (Å²) in [6, 6.07) is 8.52. The van der Waals surface area contributed by atoms with Crippen LogP contribution in [0.4, 0.5) is 4.39 Å². The van der Waals surface area contributed by atoms with Gasteiger partial charge in [0.1, 0.15) is 17.4 Å². The molecule has 0 radical (unpaired) electrons. The number of carbonyl (C=O) groups excluding carboxylic acids is 2. The minimum Gasteiger partial charge on any atom is -0.300 e. The predicted octanol–water partition coefficient (Wildman–Crippen LogP) is 3.03. The van der Waals surface area contributed by atoms with Crippen LogP contribution in [0.1, 0.15) is 36.8 Å². The molecule has 2 fully saturated rings. The molecule has 306 valence electrons. The summed E-state index contributed by atoms with van der Waals surface area (Å²) in [6.07, 6.45) is 3.07. The third kappa shape index (κ3) is 17.9. The lowest BCUT2D eigenvalue weighted by molar-refractivity contribution is -0.120. The number of pyridine rings is 1. The average Bonchev–Trinajstić information content (AvgIpc) is 3.64. The van der Waals surface area contributed by atoms with Gasteiger partial charge in [-0.1, -0.05) is 6.07 Å². The number of hydrogen-bond donors (Lipinski definition) is 0. The monoisotopic (exact) mass is 1330 g/mol. The van der Waals surface area contributed by atoms with Crippen molar-refractivity contribution < 1.29 is 14.0 Å². The Morgan fingerprint density at radius 1 is 0.473 bits per heavy atom. The fourth-order valence-corrected chi connectivity index (χ4v) is 82.5. The van der Waals surface area contributed by atoms with Crippen LogP contribution >= 0.6 is 0 Å². The quantitative estimate of drug-likeness (QED) is 0.407. The molecule has 3 aliphatic carbocycles. The lowest BCUT2D eigenvalue weighted by Crippen LogP contribution is -2.43. The fraction of sp³-hybridized carbons (Fsp3) is 0.316. The van der Waals surface area contributed by atoms with Gasteiger partial charge in [-0.3, -0.25) is 14.6 Å². The SMILES string of the molecule is O=C1CC23CC(=O)CC2(C1)c1cccnc1-c1ccc(F)cc13.S=S=S=S=S=S=S=S=S=S=S=S=S=S=S=S=S=S=S=S=S=S=S=S=S=S=S=S=S=S=S=S. The minimum absolute atomic E-state index is 0.157. The van der Waals surface area contributed by atoms with Crippen molar-refractivity contribution in [3.05, 3.63) is 53.5 Å². The van der Waals surface area contributed by atoms with E-state index in [0.29, 0.717) is 25.7 Å². The highest BCUT2D eigenvalue weighted by molar-refractivity contribution is 8.80. The minimum atomic E-state index is -0.589. The smallest absolute Gasteiger partial charge is 0.134 e. The third-order valence-electron chi connectivity index (χ3n) is 6.79. The van der Waals surface area contributed by atoms with Crippen LogP contribution in [0.3, 0.4) is 0 Å². The zero-order valence-electron chi connectivity index (χ0n) is 25.5. The summed E-state index contributed by atoms with van der Waals surface area (Å²) in [7, 11) is 52.8. The van der Waals surface area contributed by atoms with Crippen LogP contribution in [0, 0.1) is 5.82 Å². The molecule has 0 N–H and O–H groups in total. The number of rotatable bonds is 0. The summed E-state index contributed by atoms with van der Waals surface area (Å²) in [6.45, 7) is 0. The summed E-state index contributed by atoms with van der Waals surface area (Å²) in [5.74, 6) is -0.0149. The lowest BCUT2D eigenvalue weighted by atomic mass is 9.56. The summed E-state index contributed by atoms with van der Waals surface area (Å²) in [5, 5.41) is 0. The molecule has 3 nitrogen and oxygen atoms in total. The van der Waals surface area contributed by atoms with Crippen molar-refractivity contribution in [2.24, 2.45) is 0 Å². The second kappa shape index (κ2) is 31.5. The van der Waals surface area contributed by atoms with E-state index in [-0.39, 0.29) is 17.4 Å². The number of fused-ring (bicyclic) bond motifs is 3. The number of hydrogen-bond acceptors (Lipinski definition) is 5. The molecular weight excluding hydrogens is 1320 g/mol. The fourth-order valence-electron chi connectivity index (χ4n) is 5.61. The Morgan fingerprint density at radius 2 is 0.800 bits per heavy atom. The van der Waals surface area contributed by atoms with Crippen molar-refractivity contribution in [1.82, 2.24) is 4.98 Å². The zero-order chi connectivity index (χ0) is 39.0. The molecule has 0 aliphatic heterocycles. The molecular formula is C19H14FNO2S32. The molecule has 1 aromatic heterocycles. The molecule has 1 aromatic carbocycles. The molecule has 36 heteroatoms. The number of Topliss-reactive ketones (excluding diaryl/α,β-unsaturated/α-hetero) is 2. The first-order valence-corrected chi connectivity index (χ1v) is 54.4. The molecule has 5 rings (SSSR count). The standard InChI is InChI=1S/C19H14FNO2.S32/c20-11-3-4-14-16(6-11)19-9-12(22)7-18(19,8-13(23)10-19)15-2-1-5-21-17(14)15;1-3-5-7-9-11-13-15-17-19-21-23-25-27-29-31-32-30-28-26-24-22-20-18-16-14-12-10-8-6-4-2/h1-6H,7-10H2;. The van der Waals surface area contributed by atoms with Crippen molar-refractivity contribution in [2.45, 2.75) is 36.5 Å². The highest BCUT2D eigenvalue weighted by Gasteiger charge is 2.67. The molecule has 0 spiro atoms. The molecule has 0 unspecified atom stereocenters. The number of aromatic nitrogens is 1. The predicted molar refractivity (Wildman–Crippen MR) is 317 cm³/mol. The molecule has 55 heavy (non-hydrogen) atoms. The van der Waals surface area contributed by atoms with Gasteiger partial charge < -0.3 is 0 Å². The van der Waals surface area contributed by atoms with Crippen LogP contribution in [0.2, 0.25) is 0 Å². The number of ketones is 2. The Morgan fingerprint density at radius 3 is 1.15 bits per heavy atom. The van der Waals surface area contributed by atoms with Gasteiger partial charge in [-0.15, -0.1) is 0 Å². The van der Waals surface area contributed by atoms with Gasteiger partial charge in [0.05, 0.1) is 5.69 Å². The zero-order valence-corrected chi connectivity index (χ0v) is 51.6. The Balaban J connectivity index is 0.000000254. The Labute approximate surface area is 411 Å². The van der Waals surface area contributed by atoms with E-state index in [9.17, 15) is 14.0 Å². The van der Waals surface area contributed by atoms with Gasteiger partial charge in [-0.2, -0.15) is 0 Å². The summed E-state index contributed by atoms with van der Waals surface area (Å²) >= 11 is 9.58. The van der Waals surface area contributed by atoms with Crippen molar-refractivity contribution in [3.8, 4) is 11.3 Å². The van der Waals surface area contributed by atoms with E-state index in [1.165, 1.54) is 29.9 Å². The van der Waals surface area contributed by atoms with Gasteiger partial charge in [-0.25, -0.2) is 4.39 Å². The second-order valence-corrected chi connectivity index (χ2v) is 62.2. The third-order valence-corrected chi connectivity index (χ3v) is 71.2. The molecule has 0 saturated heterocycles. The highest BCUT2D eigenvalue weighted by Crippen LogP contribution is 2.67. The van der Waals surface area contributed by atoms with E-state index in [4.69, 9.17) is 22.4 Å². The van der Waals surface area contributed by atoms with Crippen LogP contribution in [0.5, 0.6) is 0 Å². The first kappa shape index (κ1) is 52.3. The average molecular weight is 1330 g/mol. The van der Waals surface area contributed by atoms with E-state index in [2.05, 4.69) is 4.98 Å². The van der Waals surface area contributed by atoms with Crippen molar-refractivity contribution in [3.63, 3.8) is 0 Å². The van der Waals surface area contributed by atoms with E-state index in [1.807, 2.05) is 154 Å². The van der Waals surface area contributed by atoms with Crippen LogP contribution < -0.4 is 0 Å². The van der Waals surface area contributed by atoms with Gasteiger partial charge in [0.25, 0.3) is 0 Å². The Kier molecular flexibility index (Phi) is 30.0. The molecule has 0 atom stereocenters. The molecule has 3 aliphatic rings. The molecule has 2 saturated carbocycles. The number of halogens is 1.